The maximum Gasteiger partial charge on any atom is 0.284 e. The van der Waals surface area contributed by atoms with E-state index in [4.69, 9.17) is 0 Å². The summed E-state index contributed by atoms with van der Waals surface area (Å²) in [5.41, 5.74) is 0. The van der Waals surface area contributed by atoms with Crippen LogP contribution in [0.3, 0.4) is 0 Å². The zero-order valence-corrected chi connectivity index (χ0v) is 15.2. The number of rotatable bonds is 4. The summed E-state index contributed by atoms with van der Waals surface area (Å²) in [6.07, 6.45) is 8.55. The van der Waals surface area contributed by atoms with Crippen LogP contribution in [0.1, 0.15) is 43.9 Å². The predicted molar refractivity (Wildman–Crippen MR) is 93.2 cm³/mol. The molecule has 1 aromatic heterocycles. The molecule has 2 aliphatic rings. The topological polar surface area (TPSA) is 50.9 Å². The van der Waals surface area contributed by atoms with E-state index in [0.29, 0.717) is 0 Å². The summed E-state index contributed by atoms with van der Waals surface area (Å²) < 4.78 is 0. The Balaban J connectivity index is 1.47. The molecular weight excluding hydrogens is 308 g/mol. The molecule has 6 heteroatoms. The Bertz CT molecular complexity index is 518. The summed E-state index contributed by atoms with van der Waals surface area (Å²) in [5, 5.41) is 3.70. The van der Waals surface area contributed by atoms with Gasteiger partial charge in [0.05, 0.1) is 32.2 Å². The molecule has 3 N–H and O–H groups in total. The van der Waals surface area contributed by atoms with Crippen LogP contribution in [-0.4, -0.2) is 49.2 Å². The number of nitrogens with one attached hydrogen (secondary N) is 3. The molecule has 0 unspecified atom stereocenters. The van der Waals surface area contributed by atoms with E-state index in [0.717, 1.165) is 29.1 Å². The van der Waals surface area contributed by atoms with Gasteiger partial charge in [0.25, 0.3) is 5.91 Å². The molecule has 1 amide bonds. The largest absolute Gasteiger partial charge is 0.332 e. The zero-order valence-electron chi connectivity index (χ0n) is 14.4. The van der Waals surface area contributed by atoms with Gasteiger partial charge in [-0.05, 0) is 33.1 Å². The molecule has 0 saturated carbocycles. The molecule has 3 heterocycles. The van der Waals surface area contributed by atoms with Crippen molar-refractivity contribution in [2.24, 2.45) is 0 Å². The van der Waals surface area contributed by atoms with E-state index in [1.807, 2.05) is 18.0 Å². The van der Waals surface area contributed by atoms with Gasteiger partial charge in [-0.1, -0.05) is 0 Å². The van der Waals surface area contributed by atoms with E-state index >= 15 is 0 Å². The van der Waals surface area contributed by atoms with Gasteiger partial charge in [-0.25, -0.2) is 4.98 Å². The minimum absolute atomic E-state index is 0.0107. The van der Waals surface area contributed by atoms with E-state index in [2.05, 4.69) is 17.2 Å². The lowest BCUT2D eigenvalue weighted by Crippen LogP contribution is -3.22. The lowest BCUT2D eigenvalue weighted by atomic mass is 9.99. The number of carbonyl (C=O) groups excluding carboxylic acids is 1. The number of nitrogens with zero attached hydrogens (tertiary/aromatic N) is 1. The van der Waals surface area contributed by atoms with Crippen molar-refractivity contribution >= 4 is 22.4 Å². The molecule has 23 heavy (non-hydrogen) atoms. The number of thiazole rings is 1. The van der Waals surface area contributed by atoms with Gasteiger partial charge in [-0.3, -0.25) is 10.1 Å². The van der Waals surface area contributed by atoms with E-state index in [-0.39, 0.29) is 11.9 Å². The van der Waals surface area contributed by atoms with Crippen LogP contribution >= 0.6 is 11.3 Å². The van der Waals surface area contributed by atoms with Gasteiger partial charge in [0.2, 0.25) is 0 Å². The van der Waals surface area contributed by atoms with E-state index in [1.54, 1.807) is 11.3 Å². The Morgan fingerprint density at radius 1 is 1.26 bits per heavy atom. The van der Waals surface area contributed by atoms with Gasteiger partial charge < -0.3 is 9.80 Å². The van der Waals surface area contributed by atoms with Crippen LogP contribution in [0.2, 0.25) is 0 Å². The predicted octanol–water partition coefficient (Wildman–Crippen LogP) is -0.105. The van der Waals surface area contributed by atoms with Crippen LogP contribution in [0.5, 0.6) is 0 Å². The van der Waals surface area contributed by atoms with Gasteiger partial charge in [-0.15, -0.1) is 11.3 Å². The fourth-order valence-electron chi connectivity index (χ4n) is 4.06. The SMILES string of the molecule is Cc1cnc(NC(=O)[C@@H](C)[NH+]2CCC([NH+]3CCCCC3)CC2)s1. The Hall–Kier alpha value is -0.980. The Morgan fingerprint density at radius 3 is 2.57 bits per heavy atom. The number of anilines is 1. The summed E-state index contributed by atoms with van der Waals surface area (Å²) in [7, 11) is 0. The highest BCUT2D eigenvalue weighted by molar-refractivity contribution is 7.15. The van der Waals surface area contributed by atoms with Crippen molar-refractivity contribution in [1.29, 1.82) is 0 Å². The molecule has 0 bridgehead atoms. The molecule has 128 valence electrons. The number of piperidine rings is 2. The molecule has 0 aromatic carbocycles. The van der Waals surface area contributed by atoms with Crippen LogP contribution in [0.15, 0.2) is 6.20 Å². The Morgan fingerprint density at radius 2 is 1.96 bits per heavy atom. The highest BCUT2D eigenvalue weighted by atomic mass is 32.1. The van der Waals surface area contributed by atoms with Crippen molar-refractivity contribution in [3.63, 3.8) is 0 Å². The molecule has 2 aliphatic heterocycles. The third kappa shape index (κ3) is 4.31. The fourth-order valence-corrected chi connectivity index (χ4v) is 4.72. The number of likely N-dealkylation sites (tertiary alicyclic amines) is 2. The third-order valence-corrected chi connectivity index (χ3v) is 6.39. The summed E-state index contributed by atoms with van der Waals surface area (Å²) in [4.78, 5) is 21.1. The molecule has 3 rings (SSSR count). The van der Waals surface area contributed by atoms with Gasteiger partial charge in [0.1, 0.15) is 0 Å². The Kier molecular flexibility index (Phi) is 5.67. The van der Waals surface area contributed by atoms with Crippen LogP contribution in [-0.2, 0) is 4.79 Å². The van der Waals surface area contributed by atoms with Crippen LogP contribution in [0, 0.1) is 6.92 Å². The molecule has 2 saturated heterocycles. The first-order valence-electron chi connectivity index (χ1n) is 9.06. The molecule has 0 aliphatic carbocycles. The number of hydrogen-bond donors (Lipinski definition) is 3. The number of carbonyl (C=O) groups is 1. The first-order valence-corrected chi connectivity index (χ1v) is 9.87. The molecule has 1 atom stereocenters. The average molecular weight is 339 g/mol. The summed E-state index contributed by atoms with van der Waals surface area (Å²) in [6, 6.07) is 0.840. The number of aryl methyl sites for hydroxylation is 1. The molecule has 1 aromatic rings. The standard InChI is InChI=1S/C17H28N4OS/c1-13-12-18-17(23-13)19-16(22)14(2)20-10-6-15(7-11-20)21-8-4-3-5-9-21/h12,14-15H,3-11H2,1-2H3,(H,18,19,22)/p+2/t14-/m1/s1. The quantitative estimate of drug-likeness (QED) is 0.718. The lowest BCUT2D eigenvalue weighted by Gasteiger charge is -2.37. The second kappa shape index (κ2) is 7.73. The van der Waals surface area contributed by atoms with Crippen LogP contribution < -0.4 is 15.1 Å². The monoisotopic (exact) mass is 338 g/mol. The smallest absolute Gasteiger partial charge is 0.284 e. The highest BCUT2D eigenvalue weighted by Crippen LogP contribution is 2.16. The van der Waals surface area contributed by atoms with Gasteiger partial charge in [-0.2, -0.15) is 0 Å². The van der Waals surface area contributed by atoms with Gasteiger partial charge in [0.15, 0.2) is 11.2 Å². The summed E-state index contributed by atoms with van der Waals surface area (Å²) in [6.45, 7) is 9.03. The maximum atomic E-state index is 12.4. The minimum atomic E-state index is 0.0107. The second-order valence-electron chi connectivity index (χ2n) is 7.14. The van der Waals surface area contributed by atoms with Crippen molar-refractivity contribution in [2.45, 2.75) is 58.0 Å². The first kappa shape index (κ1) is 16.9. The Labute approximate surface area is 143 Å². The normalized spacial score (nSPS) is 27.6. The van der Waals surface area contributed by atoms with Gasteiger partial charge in [0, 0.05) is 23.9 Å². The molecule has 0 radical (unpaired) electrons. The van der Waals surface area contributed by atoms with Gasteiger partial charge >= 0.3 is 0 Å². The number of amides is 1. The molecule has 0 spiro atoms. The molecule has 5 nitrogen and oxygen atoms in total. The van der Waals surface area contributed by atoms with E-state index in [9.17, 15) is 4.79 Å². The maximum absolute atomic E-state index is 12.4. The van der Waals surface area contributed by atoms with Crippen LogP contribution in [0.4, 0.5) is 5.13 Å². The highest BCUT2D eigenvalue weighted by Gasteiger charge is 2.34. The minimum Gasteiger partial charge on any atom is -0.332 e. The van der Waals surface area contributed by atoms with E-state index < -0.39 is 0 Å². The van der Waals surface area contributed by atoms with Crippen LogP contribution in [0.25, 0.3) is 0 Å². The van der Waals surface area contributed by atoms with Crippen molar-refractivity contribution in [3.8, 4) is 0 Å². The summed E-state index contributed by atoms with van der Waals surface area (Å²) >= 11 is 1.54. The average Bonchev–Trinajstić information content (AvgIpc) is 3.00. The first-order chi connectivity index (χ1) is 11.1. The van der Waals surface area contributed by atoms with Crippen molar-refractivity contribution in [1.82, 2.24) is 4.98 Å². The zero-order chi connectivity index (χ0) is 16.2. The third-order valence-electron chi connectivity index (χ3n) is 5.56. The van der Waals surface area contributed by atoms with Crippen molar-refractivity contribution in [3.05, 3.63) is 11.1 Å². The fraction of sp³-hybridized carbons (Fsp3) is 0.765. The summed E-state index contributed by atoms with van der Waals surface area (Å²) in [5.74, 6) is 0.109. The second-order valence-corrected chi connectivity index (χ2v) is 8.37. The number of aromatic nitrogens is 1. The van der Waals surface area contributed by atoms with E-state index in [1.165, 1.54) is 50.1 Å². The molecule has 2 fully saturated rings. The lowest BCUT2D eigenvalue weighted by molar-refractivity contribution is -0.965. The van der Waals surface area contributed by atoms with Crippen molar-refractivity contribution in [2.75, 3.05) is 31.5 Å². The van der Waals surface area contributed by atoms with Crippen molar-refractivity contribution < 1.29 is 14.6 Å². The molecular formula is C17H30N4OS+2. The number of hydrogen-bond acceptors (Lipinski definition) is 3. The number of quaternary nitrogens is 2.